The van der Waals surface area contributed by atoms with E-state index in [0.717, 1.165) is 33.7 Å². The van der Waals surface area contributed by atoms with Crippen LogP contribution in [0.25, 0.3) is 22.4 Å². The Bertz CT molecular complexity index is 973. The van der Waals surface area contributed by atoms with Gasteiger partial charge in [0, 0.05) is 5.56 Å². The summed E-state index contributed by atoms with van der Waals surface area (Å²) in [5.74, 6) is 2.23. The highest BCUT2D eigenvalue weighted by molar-refractivity contribution is 6.32. The molecule has 1 N–H and O–H groups in total. The van der Waals surface area contributed by atoms with Gasteiger partial charge in [-0.25, -0.2) is 4.98 Å². The van der Waals surface area contributed by atoms with Gasteiger partial charge >= 0.3 is 0 Å². The largest absolute Gasteiger partial charge is 0.456 e. The number of nitrogens with one attached hydrogen (secondary N) is 1. The quantitative estimate of drug-likeness (QED) is 0.500. The molecule has 0 saturated heterocycles. The molecule has 0 amide bonds. The van der Waals surface area contributed by atoms with Crippen LogP contribution in [-0.4, -0.2) is 9.97 Å². The molecule has 0 fully saturated rings. The van der Waals surface area contributed by atoms with E-state index in [1.54, 1.807) is 0 Å². The van der Waals surface area contributed by atoms with Crippen molar-refractivity contribution < 1.29 is 4.74 Å². The van der Waals surface area contributed by atoms with Crippen LogP contribution in [0.3, 0.4) is 0 Å². The summed E-state index contributed by atoms with van der Waals surface area (Å²) in [5.41, 5.74) is 4.10. The minimum atomic E-state index is 0.608. The lowest BCUT2D eigenvalue weighted by Crippen LogP contribution is -1.87. The van der Waals surface area contributed by atoms with Crippen molar-refractivity contribution >= 4 is 22.6 Å². The molecule has 4 rings (SSSR count). The number of ether oxygens (including phenoxy) is 1. The Kier molecular flexibility index (Phi) is 3.71. The standard InChI is InChI=1S/C20H15ClN2O/c1-13-6-11-19(16(21)12-13)24-15-9-7-14(8-10-15)20-22-17-4-2-3-5-18(17)23-20/h2-12H,1H3,(H,22,23). The van der Waals surface area contributed by atoms with E-state index in [1.165, 1.54) is 0 Å². The highest BCUT2D eigenvalue weighted by Crippen LogP contribution is 2.31. The van der Waals surface area contributed by atoms with E-state index in [9.17, 15) is 0 Å². The number of aromatic nitrogens is 2. The number of hydrogen-bond donors (Lipinski definition) is 1. The first-order valence-corrected chi connectivity index (χ1v) is 8.06. The zero-order chi connectivity index (χ0) is 16.5. The highest BCUT2D eigenvalue weighted by atomic mass is 35.5. The molecule has 0 unspecified atom stereocenters. The third kappa shape index (κ3) is 2.86. The molecular formula is C20H15ClN2O. The van der Waals surface area contributed by atoms with Crippen molar-refractivity contribution in [2.24, 2.45) is 0 Å². The fourth-order valence-corrected chi connectivity index (χ4v) is 2.86. The summed E-state index contributed by atoms with van der Waals surface area (Å²) in [5, 5.41) is 0.608. The van der Waals surface area contributed by atoms with Crippen LogP contribution in [0, 0.1) is 6.92 Å². The second-order valence-corrected chi connectivity index (χ2v) is 6.07. The van der Waals surface area contributed by atoms with Gasteiger partial charge in [0.2, 0.25) is 0 Å². The SMILES string of the molecule is Cc1ccc(Oc2ccc(-c3nc4ccccc4[nH]3)cc2)c(Cl)c1. The van der Waals surface area contributed by atoms with Crippen LogP contribution in [0.15, 0.2) is 66.7 Å². The number of halogens is 1. The lowest BCUT2D eigenvalue weighted by molar-refractivity contribution is 0.483. The molecule has 0 aliphatic carbocycles. The van der Waals surface area contributed by atoms with Gasteiger partial charge in [0.05, 0.1) is 16.1 Å². The lowest BCUT2D eigenvalue weighted by Gasteiger charge is -2.08. The van der Waals surface area contributed by atoms with Crippen LogP contribution in [0.2, 0.25) is 5.02 Å². The van der Waals surface area contributed by atoms with Gasteiger partial charge in [-0.1, -0.05) is 29.8 Å². The smallest absolute Gasteiger partial charge is 0.146 e. The van der Waals surface area contributed by atoms with E-state index < -0.39 is 0 Å². The number of imidazole rings is 1. The number of benzene rings is 3. The monoisotopic (exact) mass is 334 g/mol. The number of aryl methyl sites for hydroxylation is 1. The van der Waals surface area contributed by atoms with E-state index in [4.69, 9.17) is 16.3 Å². The van der Waals surface area contributed by atoms with Crippen molar-refractivity contribution in [2.45, 2.75) is 6.92 Å². The summed E-state index contributed by atoms with van der Waals surface area (Å²) in [6.45, 7) is 2.00. The number of hydrogen-bond acceptors (Lipinski definition) is 2. The van der Waals surface area contributed by atoms with Gasteiger partial charge in [-0.3, -0.25) is 0 Å². The van der Waals surface area contributed by atoms with Gasteiger partial charge in [-0.2, -0.15) is 0 Å². The zero-order valence-electron chi connectivity index (χ0n) is 13.1. The summed E-state index contributed by atoms with van der Waals surface area (Å²) in [6, 6.07) is 21.5. The number of H-pyrrole nitrogens is 1. The zero-order valence-corrected chi connectivity index (χ0v) is 13.8. The van der Waals surface area contributed by atoms with E-state index in [0.29, 0.717) is 10.8 Å². The summed E-state index contributed by atoms with van der Waals surface area (Å²) in [4.78, 5) is 7.93. The van der Waals surface area contributed by atoms with Crippen molar-refractivity contribution in [3.05, 3.63) is 77.3 Å². The minimum Gasteiger partial charge on any atom is -0.456 e. The molecule has 1 aromatic heterocycles. The topological polar surface area (TPSA) is 37.9 Å². The Morgan fingerprint density at radius 3 is 2.50 bits per heavy atom. The molecule has 3 nitrogen and oxygen atoms in total. The molecule has 0 bridgehead atoms. The van der Waals surface area contributed by atoms with Crippen molar-refractivity contribution in [1.29, 1.82) is 0 Å². The van der Waals surface area contributed by atoms with Gasteiger partial charge in [0.15, 0.2) is 0 Å². The molecular weight excluding hydrogens is 320 g/mol. The van der Waals surface area contributed by atoms with Crippen molar-refractivity contribution in [1.82, 2.24) is 9.97 Å². The van der Waals surface area contributed by atoms with Crippen molar-refractivity contribution in [2.75, 3.05) is 0 Å². The fraction of sp³-hybridized carbons (Fsp3) is 0.0500. The molecule has 0 atom stereocenters. The Labute approximate surface area is 144 Å². The normalized spacial score (nSPS) is 10.9. The second kappa shape index (κ2) is 6.02. The van der Waals surface area contributed by atoms with E-state index >= 15 is 0 Å². The first kappa shape index (κ1) is 14.8. The predicted octanol–water partition coefficient (Wildman–Crippen LogP) is 5.98. The first-order valence-electron chi connectivity index (χ1n) is 7.68. The Hall–Kier alpha value is -2.78. The van der Waals surface area contributed by atoms with Gasteiger partial charge in [-0.15, -0.1) is 0 Å². The summed E-state index contributed by atoms with van der Waals surface area (Å²) in [6.07, 6.45) is 0. The van der Waals surface area contributed by atoms with Crippen LogP contribution < -0.4 is 4.74 Å². The number of para-hydroxylation sites is 2. The van der Waals surface area contributed by atoms with Gasteiger partial charge in [0.25, 0.3) is 0 Å². The van der Waals surface area contributed by atoms with Crippen LogP contribution in [0.1, 0.15) is 5.56 Å². The molecule has 1 heterocycles. The molecule has 0 spiro atoms. The molecule has 0 saturated carbocycles. The average Bonchev–Trinajstić information content (AvgIpc) is 3.02. The van der Waals surface area contributed by atoms with Gasteiger partial charge in [-0.05, 0) is 61.0 Å². The third-order valence-electron chi connectivity index (χ3n) is 3.83. The molecule has 0 radical (unpaired) electrons. The van der Waals surface area contributed by atoms with Crippen molar-refractivity contribution in [3.63, 3.8) is 0 Å². The maximum absolute atomic E-state index is 6.21. The molecule has 4 aromatic rings. The number of rotatable bonds is 3. The highest BCUT2D eigenvalue weighted by Gasteiger charge is 2.07. The molecule has 0 aliphatic rings. The maximum atomic E-state index is 6.21. The Balaban J connectivity index is 1.60. The third-order valence-corrected chi connectivity index (χ3v) is 4.13. The van der Waals surface area contributed by atoms with Gasteiger partial charge in [0.1, 0.15) is 17.3 Å². The molecule has 3 aromatic carbocycles. The van der Waals surface area contributed by atoms with E-state index in [-0.39, 0.29) is 0 Å². The summed E-state index contributed by atoms with van der Waals surface area (Å²) in [7, 11) is 0. The number of aromatic amines is 1. The van der Waals surface area contributed by atoms with Crippen LogP contribution in [-0.2, 0) is 0 Å². The Morgan fingerprint density at radius 2 is 1.75 bits per heavy atom. The van der Waals surface area contributed by atoms with Crippen LogP contribution >= 0.6 is 11.6 Å². The van der Waals surface area contributed by atoms with E-state index in [1.807, 2.05) is 73.7 Å². The Morgan fingerprint density at radius 1 is 0.958 bits per heavy atom. The summed E-state index contributed by atoms with van der Waals surface area (Å²) >= 11 is 6.21. The molecule has 24 heavy (non-hydrogen) atoms. The van der Waals surface area contributed by atoms with Crippen molar-refractivity contribution in [3.8, 4) is 22.9 Å². The average molecular weight is 335 g/mol. The van der Waals surface area contributed by atoms with Crippen LogP contribution in [0.5, 0.6) is 11.5 Å². The maximum Gasteiger partial charge on any atom is 0.146 e. The van der Waals surface area contributed by atoms with Gasteiger partial charge < -0.3 is 9.72 Å². The number of fused-ring (bicyclic) bond motifs is 1. The molecule has 4 heteroatoms. The second-order valence-electron chi connectivity index (χ2n) is 5.66. The minimum absolute atomic E-state index is 0.608. The lowest BCUT2D eigenvalue weighted by atomic mass is 10.2. The summed E-state index contributed by atoms with van der Waals surface area (Å²) < 4.78 is 5.85. The fourth-order valence-electron chi connectivity index (χ4n) is 2.59. The first-order chi connectivity index (χ1) is 11.7. The predicted molar refractivity (Wildman–Crippen MR) is 97.8 cm³/mol. The van der Waals surface area contributed by atoms with E-state index in [2.05, 4.69) is 9.97 Å². The molecule has 0 aliphatic heterocycles. The molecule has 118 valence electrons. The van der Waals surface area contributed by atoms with Crippen LogP contribution in [0.4, 0.5) is 0 Å². The number of nitrogens with zero attached hydrogens (tertiary/aromatic N) is 1.